The molecule has 0 saturated carbocycles. The maximum absolute atomic E-state index is 13.5. The molecule has 8 nitrogen and oxygen atoms in total. The van der Waals surface area contributed by atoms with Crippen molar-refractivity contribution in [3.8, 4) is 11.5 Å². The van der Waals surface area contributed by atoms with Crippen LogP contribution in [-0.2, 0) is 14.8 Å². The van der Waals surface area contributed by atoms with E-state index in [-0.39, 0.29) is 10.6 Å². The highest BCUT2D eigenvalue weighted by atomic mass is 32.2. The summed E-state index contributed by atoms with van der Waals surface area (Å²) in [5.74, 6) is 0.213. The molecule has 0 aliphatic rings. The smallest absolute Gasteiger partial charge is 0.264 e. The van der Waals surface area contributed by atoms with Gasteiger partial charge in [0.15, 0.2) is 0 Å². The molecule has 0 spiro atoms. The van der Waals surface area contributed by atoms with Gasteiger partial charge >= 0.3 is 0 Å². The SMILES string of the molecule is COc1ccc(S(=O)(=O)N(CC(=O)N/N=C\c2ccc(SC)cc2)c2ccccc2OC)cc1. The van der Waals surface area contributed by atoms with E-state index in [1.807, 2.05) is 30.5 Å². The fraction of sp³-hybridized carbons (Fsp3) is 0.167. The number of nitrogens with one attached hydrogen (secondary N) is 1. The third-order valence-electron chi connectivity index (χ3n) is 4.81. The van der Waals surface area contributed by atoms with Gasteiger partial charge in [-0.25, -0.2) is 13.8 Å². The second-order valence-corrected chi connectivity index (χ2v) is 9.67. The van der Waals surface area contributed by atoms with Crippen LogP contribution in [0.4, 0.5) is 5.69 Å². The van der Waals surface area contributed by atoms with Crippen molar-refractivity contribution in [2.24, 2.45) is 5.10 Å². The Morgan fingerprint density at radius 3 is 2.29 bits per heavy atom. The number of benzene rings is 3. The molecule has 1 N–H and O–H groups in total. The van der Waals surface area contributed by atoms with Crippen LogP contribution >= 0.6 is 11.8 Å². The van der Waals surface area contributed by atoms with Crippen molar-refractivity contribution >= 4 is 39.6 Å². The van der Waals surface area contributed by atoms with Gasteiger partial charge in [-0.1, -0.05) is 24.3 Å². The van der Waals surface area contributed by atoms with Crippen LogP contribution in [0.2, 0.25) is 0 Å². The first-order chi connectivity index (χ1) is 16.4. The number of para-hydroxylation sites is 2. The molecular formula is C24H25N3O5S2. The molecule has 0 aliphatic carbocycles. The largest absolute Gasteiger partial charge is 0.497 e. The Bertz CT molecular complexity index is 1240. The van der Waals surface area contributed by atoms with Gasteiger partial charge in [-0.2, -0.15) is 5.10 Å². The summed E-state index contributed by atoms with van der Waals surface area (Å²) in [6.07, 6.45) is 3.48. The van der Waals surface area contributed by atoms with Crippen molar-refractivity contribution in [1.29, 1.82) is 0 Å². The molecule has 1 amide bonds. The number of methoxy groups -OCH3 is 2. The second kappa shape index (κ2) is 11.6. The molecule has 0 bridgehead atoms. The van der Waals surface area contributed by atoms with E-state index in [1.165, 1.54) is 32.6 Å². The highest BCUT2D eigenvalue weighted by Crippen LogP contribution is 2.32. The zero-order valence-electron chi connectivity index (χ0n) is 19.0. The summed E-state index contributed by atoms with van der Waals surface area (Å²) in [6.45, 7) is -0.502. The van der Waals surface area contributed by atoms with Crippen LogP contribution in [0.5, 0.6) is 11.5 Å². The van der Waals surface area contributed by atoms with Gasteiger partial charge in [0.1, 0.15) is 18.0 Å². The quantitative estimate of drug-likeness (QED) is 0.259. The van der Waals surface area contributed by atoms with Crippen LogP contribution < -0.4 is 19.2 Å². The van der Waals surface area contributed by atoms with Gasteiger partial charge in [-0.15, -0.1) is 11.8 Å². The molecular weight excluding hydrogens is 474 g/mol. The average Bonchev–Trinajstić information content (AvgIpc) is 2.87. The third kappa shape index (κ3) is 6.09. The fourth-order valence-electron chi connectivity index (χ4n) is 3.04. The fourth-order valence-corrected chi connectivity index (χ4v) is 4.88. The molecule has 0 aliphatic heterocycles. The molecule has 0 saturated heterocycles. The van der Waals surface area contributed by atoms with Crippen molar-refractivity contribution in [3.05, 3.63) is 78.4 Å². The lowest BCUT2D eigenvalue weighted by Gasteiger charge is -2.25. The van der Waals surface area contributed by atoms with Crippen LogP contribution in [0.1, 0.15) is 5.56 Å². The maximum Gasteiger partial charge on any atom is 0.264 e. The number of hydrogen-bond donors (Lipinski definition) is 1. The summed E-state index contributed by atoms with van der Waals surface area (Å²) in [7, 11) is -1.18. The van der Waals surface area contributed by atoms with Crippen molar-refractivity contribution in [1.82, 2.24) is 5.43 Å². The molecule has 34 heavy (non-hydrogen) atoms. The number of amides is 1. The number of sulfonamides is 1. The molecule has 0 heterocycles. The number of nitrogens with zero attached hydrogens (tertiary/aromatic N) is 2. The first-order valence-electron chi connectivity index (χ1n) is 10.1. The topological polar surface area (TPSA) is 97.3 Å². The minimum atomic E-state index is -4.11. The summed E-state index contributed by atoms with van der Waals surface area (Å²) in [6, 6.07) is 20.1. The van der Waals surface area contributed by atoms with E-state index in [0.29, 0.717) is 11.5 Å². The average molecular weight is 500 g/mol. The first-order valence-corrected chi connectivity index (χ1v) is 12.8. The normalized spacial score (nSPS) is 11.3. The van der Waals surface area contributed by atoms with Crippen molar-refractivity contribution in [2.45, 2.75) is 9.79 Å². The Kier molecular flexibility index (Phi) is 8.55. The van der Waals surface area contributed by atoms with E-state index in [9.17, 15) is 13.2 Å². The van der Waals surface area contributed by atoms with Gasteiger partial charge in [-0.3, -0.25) is 9.10 Å². The molecule has 0 unspecified atom stereocenters. The summed E-state index contributed by atoms with van der Waals surface area (Å²) in [4.78, 5) is 13.8. The Morgan fingerprint density at radius 2 is 1.68 bits per heavy atom. The summed E-state index contributed by atoms with van der Waals surface area (Å²) in [5, 5.41) is 3.96. The van der Waals surface area contributed by atoms with Gasteiger partial charge in [0, 0.05) is 4.90 Å². The minimum Gasteiger partial charge on any atom is -0.497 e. The van der Waals surface area contributed by atoms with Crippen molar-refractivity contribution in [2.75, 3.05) is 31.3 Å². The number of carbonyl (C=O) groups excluding carboxylic acids is 1. The number of rotatable bonds is 10. The minimum absolute atomic E-state index is 0.00407. The molecule has 3 aromatic rings. The molecule has 0 aromatic heterocycles. The van der Waals surface area contributed by atoms with Crippen LogP contribution in [0.3, 0.4) is 0 Å². The molecule has 0 fully saturated rings. The van der Waals surface area contributed by atoms with Crippen LogP contribution in [0.15, 0.2) is 87.7 Å². The predicted octanol–water partition coefficient (Wildman–Crippen LogP) is 3.77. The van der Waals surface area contributed by atoms with Gasteiger partial charge < -0.3 is 9.47 Å². The number of hydrogen-bond acceptors (Lipinski definition) is 7. The number of thioether (sulfide) groups is 1. The van der Waals surface area contributed by atoms with E-state index >= 15 is 0 Å². The summed E-state index contributed by atoms with van der Waals surface area (Å²) < 4.78 is 38.4. The van der Waals surface area contributed by atoms with Gasteiger partial charge in [0.2, 0.25) is 0 Å². The molecule has 178 valence electrons. The Balaban J connectivity index is 1.86. The van der Waals surface area contributed by atoms with Crippen LogP contribution in [0, 0.1) is 0 Å². The highest BCUT2D eigenvalue weighted by molar-refractivity contribution is 7.98. The molecule has 3 rings (SSSR count). The van der Waals surface area contributed by atoms with Gasteiger partial charge in [-0.05, 0) is 60.4 Å². The van der Waals surface area contributed by atoms with E-state index in [2.05, 4.69) is 10.5 Å². The summed E-state index contributed by atoms with van der Waals surface area (Å²) >= 11 is 1.62. The van der Waals surface area contributed by atoms with E-state index < -0.39 is 22.5 Å². The molecule has 10 heteroatoms. The standard InChI is InChI=1S/C24H25N3O5S2/c1-31-19-10-14-21(15-11-19)34(29,30)27(22-6-4-5-7-23(22)32-2)17-24(28)26-25-16-18-8-12-20(33-3)13-9-18/h4-16H,17H2,1-3H3,(H,26,28)/b25-16-. The second-order valence-electron chi connectivity index (χ2n) is 6.93. The van der Waals surface area contributed by atoms with E-state index in [1.54, 1.807) is 48.2 Å². The molecule has 0 atom stereocenters. The highest BCUT2D eigenvalue weighted by Gasteiger charge is 2.29. The monoisotopic (exact) mass is 499 g/mol. The Hall–Kier alpha value is -3.50. The van der Waals surface area contributed by atoms with Crippen LogP contribution in [0.25, 0.3) is 0 Å². The number of anilines is 1. The van der Waals surface area contributed by atoms with Crippen LogP contribution in [-0.4, -0.2) is 47.6 Å². The van der Waals surface area contributed by atoms with Gasteiger partial charge in [0.05, 0.1) is 31.0 Å². The molecule has 0 radical (unpaired) electrons. The maximum atomic E-state index is 13.5. The third-order valence-corrected chi connectivity index (χ3v) is 7.32. The molecule has 3 aromatic carbocycles. The first kappa shape index (κ1) is 25.1. The van der Waals surface area contributed by atoms with Crippen molar-refractivity contribution in [3.63, 3.8) is 0 Å². The lowest BCUT2D eigenvalue weighted by molar-refractivity contribution is -0.119. The number of hydrazone groups is 1. The van der Waals surface area contributed by atoms with E-state index in [4.69, 9.17) is 9.47 Å². The lowest BCUT2D eigenvalue weighted by Crippen LogP contribution is -2.39. The van der Waals surface area contributed by atoms with Gasteiger partial charge in [0.25, 0.3) is 15.9 Å². The lowest BCUT2D eigenvalue weighted by atomic mass is 10.2. The zero-order chi connectivity index (χ0) is 24.6. The van der Waals surface area contributed by atoms with E-state index in [0.717, 1.165) is 14.8 Å². The zero-order valence-corrected chi connectivity index (χ0v) is 20.6. The Labute approximate surface area is 203 Å². The number of ether oxygens (including phenoxy) is 2. The predicted molar refractivity (Wildman–Crippen MR) is 134 cm³/mol. The Morgan fingerprint density at radius 1 is 1.00 bits per heavy atom. The summed E-state index contributed by atoms with van der Waals surface area (Å²) in [5.41, 5.74) is 3.42. The van der Waals surface area contributed by atoms with Crippen molar-refractivity contribution < 1.29 is 22.7 Å². The number of carbonyl (C=O) groups is 1.